The Labute approximate surface area is 116 Å². The highest BCUT2D eigenvalue weighted by atomic mass is 16.6. The van der Waals surface area contributed by atoms with E-state index in [-0.39, 0.29) is 12.6 Å². The van der Waals surface area contributed by atoms with Gasteiger partial charge in [-0.1, -0.05) is 0 Å². The van der Waals surface area contributed by atoms with Gasteiger partial charge in [-0.25, -0.2) is 9.78 Å². The van der Waals surface area contributed by atoms with E-state index in [0.717, 1.165) is 0 Å². The fraction of sp³-hybridized carbons (Fsp3) is 0.462. The third-order valence-corrected chi connectivity index (χ3v) is 2.65. The molecule has 0 saturated carbocycles. The van der Waals surface area contributed by atoms with Crippen LogP contribution in [0.25, 0.3) is 0 Å². The molecule has 0 bridgehead atoms. The molecule has 0 saturated heterocycles. The van der Waals surface area contributed by atoms with Crippen molar-refractivity contribution in [3.05, 3.63) is 35.8 Å². The highest BCUT2D eigenvalue weighted by molar-refractivity contribution is 5.90. The summed E-state index contributed by atoms with van der Waals surface area (Å²) in [6, 6.07) is 1.67. The monoisotopic (exact) mass is 279 g/mol. The van der Waals surface area contributed by atoms with Crippen LogP contribution in [0, 0.1) is 13.8 Å². The molecule has 0 aromatic carbocycles. The Hall–Kier alpha value is -2.15. The van der Waals surface area contributed by atoms with E-state index in [1.807, 2.05) is 0 Å². The smallest absolute Gasteiger partial charge is 0.341 e. The van der Waals surface area contributed by atoms with Crippen LogP contribution in [-0.2, 0) is 16.0 Å². The molecule has 0 spiro atoms. The van der Waals surface area contributed by atoms with Crippen LogP contribution in [0.1, 0.15) is 21.9 Å². The molecular weight excluding hydrogens is 262 g/mol. The molecule has 7 heteroatoms. The van der Waals surface area contributed by atoms with Gasteiger partial charge < -0.3 is 13.9 Å². The topological polar surface area (TPSA) is 79.4 Å². The SMILES string of the molecule is Cc1cc(C(=O)OCCOCCn2cncn2)c(C)o1. The van der Waals surface area contributed by atoms with Gasteiger partial charge >= 0.3 is 5.97 Å². The van der Waals surface area contributed by atoms with Crippen molar-refractivity contribution in [2.24, 2.45) is 0 Å². The summed E-state index contributed by atoms with van der Waals surface area (Å²) in [6.45, 7) is 5.18. The molecule has 2 aromatic rings. The van der Waals surface area contributed by atoms with Gasteiger partial charge in [0.2, 0.25) is 0 Å². The lowest BCUT2D eigenvalue weighted by molar-refractivity contribution is 0.0301. The molecule has 0 fully saturated rings. The minimum absolute atomic E-state index is 0.208. The number of esters is 1. The second kappa shape index (κ2) is 6.85. The van der Waals surface area contributed by atoms with E-state index in [9.17, 15) is 4.79 Å². The second-order valence-electron chi connectivity index (χ2n) is 4.23. The van der Waals surface area contributed by atoms with Gasteiger partial charge in [0.25, 0.3) is 0 Å². The maximum Gasteiger partial charge on any atom is 0.341 e. The minimum Gasteiger partial charge on any atom is -0.466 e. The van der Waals surface area contributed by atoms with E-state index in [2.05, 4.69) is 10.1 Å². The summed E-state index contributed by atoms with van der Waals surface area (Å²) in [7, 11) is 0. The molecular formula is C13H17N3O4. The summed E-state index contributed by atoms with van der Waals surface area (Å²) in [4.78, 5) is 15.6. The van der Waals surface area contributed by atoms with Crippen molar-refractivity contribution in [3.8, 4) is 0 Å². The van der Waals surface area contributed by atoms with E-state index in [4.69, 9.17) is 13.9 Å². The van der Waals surface area contributed by atoms with E-state index < -0.39 is 0 Å². The lowest BCUT2D eigenvalue weighted by atomic mass is 10.2. The highest BCUT2D eigenvalue weighted by Gasteiger charge is 2.14. The van der Waals surface area contributed by atoms with E-state index in [1.165, 1.54) is 6.33 Å². The Bertz CT molecular complexity index is 548. The average molecular weight is 279 g/mol. The normalized spacial score (nSPS) is 10.7. The third-order valence-electron chi connectivity index (χ3n) is 2.65. The van der Waals surface area contributed by atoms with Crippen molar-refractivity contribution < 1.29 is 18.7 Å². The van der Waals surface area contributed by atoms with Crippen LogP contribution >= 0.6 is 0 Å². The molecule has 20 heavy (non-hydrogen) atoms. The Morgan fingerprint density at radius 1 is 1.35 bits per heavy atom. The summed E-state index contributed by atoms with van der Waals surface area (Å²) in [6.07, 6.45) is 3.09. The number of aryl methyl sites for hydroxylation is 2. The Morgan fingerprint density at radius 3 is 2.85 bits per heavy atom. The van der Waals surface area contributed by atoms with Crippen molar-refractivity contribution >= 4 is 5.97 Å². The molecule has 0 amide bonds. The van der Waals surface area contributed by atoms with Gasteiger partial charge in [0, 0.05) is 0 Å². The van der Waals surface area contributed by atoms with Crippen LogP contribution in [0.4, 0.5) is 0 Å². The molecule has 0 radical (unpaired) electrons. The lowest BCUT2D eigenvalue weighted by Gasteiger charge is -2.05. The zero-order chi connectivity index (χ0) is 14.4. The standard InChI is InChI=1S/C13H17N3O4/c1-10-7-12(11(2)20-10)13(17)19-6-5-18-4-3-16-9-14-8-15-16/h7-9H,3-6H2,1-2H3. The van der Waals surface area contributed by atoms with Crippen LogP contribution in [0.15, 0.2) is 23.1 Å². The van der Waals surface area contributed by atoms with Crippen LogP contribution in [-0.4, -0.2) is 40.6 Å². The van der Waals surface area contributed by atoms with Gasteiger partial charge in [-0.3, -0.25) is 4.68 Å². The zero-order valence-electron chi connectivity index (χ0n) is 11.5. The fourth-order valence-electron chi connectivity index (χ4n) is 1.71. The first-order valence-corrected chi connectivity index (χ1v) is 6.31. The van der Waals surface area contributed by atoms with E-state index in [1.54, 1.807) is 30.9 Å². The molecule has 7 nitrogen and oxygen atoms in total. The van der Waals surface area contributed by atoms with Crippen LogP contribution in [0.3, 0.4) is 0 Å². The maximum atomic E-state index is 11.7. The first kappa shape index (κ1) is 14.3. The molecule has 2 rings (SSSR count). The van der Waals surface area contributed by atoms with Crippen LogP contribution in [0.5, 0.6) is 0 Å². The molecule has 0 unspecified atom stereocenters. The summed E-state index contributed by atoms with van der Waals surface area (Å²) in [5.41, 5.74) is 0.463. The zero-order valence-corrected chi connectivity index (χ0v) is 11.5. The molecule has 2 heterocycles. The van der Waals surface area contributed by atoms with Gasteiger partial charge in [0.15, 0.2) is 0 Å². The Kier molecular flexibility index (Phi) is 4.89. The Balaban J connectivity index is 1.61. The fourth-order valence-corrected chi connectivity index (χ4v) is 1.71. The average Bonchev–Trinajstić information content (AvgIpc) is 3.03. The first-order valence-electron chi connectivity index (χ1n) is 6.31. The van der Waals surface area contributed by atoms with E-state index in [0.29, 0.717) is 36.8 Å². The summed E-state index contributed by atoms with van der Waals surface area (Å²) >= 11 is 0. The lowest BCUT2D eigenvalue weighted by Crippen LogP contribution is -2.13. The number of nitrogens with zero attached hydrogens (tertiary/aromatic N) is 3. The quantitative estimate of drug-likeness (QED) is 0.562. The number of carbonyl (C=O) groups is 1. The number of hydrogen-bond acceptors (Lipinski definition) is 6. The summed E-state index contributed by atoms with van der Waals surface area (Å²) in [5, 5.41) is 3.94. The number of aromatic nitrogens is 3. The first-order chi connectivity index (χ1) is 9.66. The van der Waals surface area contributed by atoms with Gasteiger partial charge in [0.05, 0.1) is 19.8 Å². The van der Waals surface area contributed by atoms with Crippen molar-refractivity contribution in [2.45, 2.75) is 20.4 Å². The van der Waals surface area contributed by atoms with Gasteiger partial charge in [-0.05, 0) is 19.9 Å². The molecule has 0 N–H and O–H groups in total. The number of furan rings is 1. The molecule has 108 valence electrons. The largest absolute Gasteiger partial charge is 0.466 e. The van der Waals surface area contributed by atoms with Crippen LogP contribution in [0.2, 0.25) is 0 Å². The minimum atomic E-state index is -0.390. The number of ether oxygens (including phenoxy) is 2. The molecule has 2 aromatic heterocycles. The molecule has 0 aliphatic rings. The van der Waals surface area contributed by atoms with Crippen molar-refractivity contribution in [1.29, 1.82) is 0 Å². The van der Waals surface area contributed by atoms with Crippen molar-refractivity contribution in [2.75, 3.05) is 19.8 Å². The van der Waals surface area contributed by atoms with Gasteiger partial charge in [-0.15, -0.1) is 0 Å². The second-order valence-corrected chi connectivity index (χ2v) is 4.23. The van der Waals surface area contributed by atoms with E-state index >= 15 is 0 Å². The molecule has 0 aliphatic carbocycles. The van der Waals surface area contributed by atoms with Crippen molar-refractivity contribution in [1.82, 2.24) is 14.8 Å². The third kappa shape index (κ3) is 3.92. The number of rotatable bonds is 7. The predicted molar refractivity (Wildman–Crippen MR) is 69.3 cm³/mol. The van der Waals surface area contributed by atoms with Crippen LogP contribution < -0.4 is 0 Å². The predicted octanol–water partition coefficient (Wildman–Crippen LogP) is 1.36. The molecule has 0 aliphatic heterocycles. The number of carbonyl (C=O) groups excluding carboxylic acids is 1. The highest BCUT2D eigenvalue weighted by Crippen LogP contribution is 2.14. The summed E-state index contributed by atoms with van der Waals surface area (Å²) < 4.78 is 17.4. The van der Waals surface area contributed by atoms with Gasteiger partial charge in [-0.2, -0.15) is 5.10 Å². The Morgan fingerprint density at radius 2 is 2.20 bits per heavy atom. The van der Waals surface area contributed by atoms with Crippen molar-refractivity contribution in [3.63, 3.8) is 0 Å². The summed E-state index contributed by atoms with van der Waals surface area (Å²) in [5.74, 6) is 0.873. The molecule has 0 atom stereocenters. The number of hydrogen-bond donors (Lipinski definition) is 0. The maximum absolute atomic E-state index is 11.7. The van der Waals surface area contributed by atoms with Gasteiger partial charge in [0.1, 0.15) is 36.3 Å².